The molecule has 1 saturated carbocycles. The Kier molecular flexibility index (Phi) is 10.2. The number of allylic oxidation sites excluding steroid dienone is 1. The second-order valence-corrected chi connectivity index (χ2v) is 12.2. The van der Waals surface area contributed by atoms with Gasteiger partial charge in [-0.05, 0) is 97.9 Å². The molecule has 1 aliphatic carbocycles. The van der Waals surface area contributed by atoms with Crippen molar-refractivity contribution in [3.63, 3.8) is 0 Å². The predicted octanol–water partition coefficient (Wildman–Crippen LogP) is 7.30. The molecule has 2 aliphatic rings. The fourth-order valence-electron chi connectivity index (χ4n) is 6.07. The van der Waals surface area contributed by atoms with Crippen LogP contribution in [0.2, 0.25) is 0 Å². The summed E-state index contributed by atoms with van der Waals surface area (Å²) >= 11 is 0. The number of aliphatic carboxylic acids is 1. The molecule has 1 heterocycles. The third-order valence-corrected chi connectivity index (χ3v) is 8.73. The summed E-state index contributed by atoms with van der Waals surface area (Å²) in [6, 6.07) is 22.2. The van der Waals surface area contributed by atoms with Crippen molar-refractivity contribution < 1.29 is 19.4 Å². The lowest BCUT2D eigenvalue weighted by Crippen LogP contribution is -2.42. The Balaban J connectivity index is 1.14. The van der Waals surface area contributed by atoms with E-state index in [9.17, 15) is 14.7 Å². The van der Waals surface area contributed by atoms with Crippen LogP contribution >= 0.6 is 0 Å². The number of carbonyl (C=O) groups is 2. The number of ether oxygens (including phenoxy) is 1. The number of nitrogens with one attached hydrogen (secondary N) is 2. The van der Waals surface area contributed by atoms with Gasteiger partial charge >= 0.3 is 5.97 Å². The van der Waals surface area contributed by atoms with Crippen molar-refractivity contribution in [2.45, 2.75) is 83.5 Å². The number of carboxylic acids is 1. The molecule has 44 heavy (non-hydrogen) atoms. The van der Waals surface area contributed by atoms with Gasteiger partial charge < -0.3 is 20.5 Å². The van der Waals surface area contributed by atoms with E-state index in [-0.39, 0.29) is 18.7 Å². The van der Waals surface area contributed by atoms with Crippen LogP contribution < -0.4 is 15.4 Å². The lowest BCUT2D eigenvalue weighted by molar-refractivity contribution is -0.139. The van der Waals surface area contributed by atoms with E-state index in [0.717, 1.165) is 28.2 Å². The minimum Gasteiger partial charge on any atom is -0.491 e. The molecule has 230 valence electrons. The SMILES string of the molecule is CCC1CCC(c2ccc(C3=CNC(c4ccc(C[C@H](NC(=O)c5ccc(OC(C)C)cc5)C(=O)O)cc4)N=C3)cc2)CC1. The van der Waals surface area contributed by atoms with Crippen molar-refractivity contribution in [3.05, 3.63) is 107 Å². The number of benzene rings is 3. The van der Waals surface area contributed by atoms with Crippen molar-refractivity contribution in [1.82, 2.24) is 10.6 Å². The molecule has 0 bridgehead atoms. The highest BCUT2D eigenvalue weighted by Gasteiger charge is 2.23. The van der Waals surface area contributed by atoms with Gasteiger partial charge in [0.15, 0.2) is 0 Å². The molecule has 1 unspecified atom stereocenters. The Morgan fingerprint density at radius 2 is 1.59 bits per heavy atom. The number of carbonyl (C=O) groups excluding carboxylic acids is 1. The Morgan fingerprint density at radius 3 is 2.16 bits per heavy atom. The van der Waals surface area contributed by atoms with Crippen LogP contribution in [-0.2, 0) is 11.2 Å². The van der Waals surface area contributed by atoms with Gasteiger partial charge in [0, 0.05) is 30.0 Å². The van der Waals surface area contributed by atoms with Crippen LogP contribution in [0.5, 0.6) is 5.75 Å². The molecular weight excluding hydrogens is 550 g/mol. The number of rotatable bonds is 11. The van der Waals surface area contributed by atoms with E-state index < -0.39 is 17.9 Å². The van der Waals surface area contributed by atoms with Crippen LogP contribution in [0.15, 0.2) is 84.0 Å². The standard InChI is InChI=1S/C37H43N3O4/c1-4-25-5-9-27(10-6-25)28-13-15-29(16-14-28)32-22-38-35(39-23-32)30-11-7-26(8-12-30)21-34(37(42)43)40-36(41)31-17-19-33(20-18-31)44-24(2)3/h7-8,11-20,22-25,27,34-35,38H,4-6,9-10,21H2,1-3H3,(H,40,41)(H,42,43)/t25?,27?,34-,35?/m0/s1. The second-order valence-electron chi connectivity index (χ2n) is 12.2. The average molecular weight is 594 g/mol. The first-order chi connectivity index (χ1) is 21.3. The van der Waals surface area contributed by atoms with Crippen LogP contribution in [0.1, 0.15) is 97.6 Å². The number of aliphatic imine (C=N–C) groups is 1. The van der Waals surface area contributed by atoms with E-state index in [0.29, 0.717) is 17.2 Å². The minimum atomic E-state index is -1.09. The molecule has 1 amide bonds. The topological polar surface area (TPSA) is 100 Å². The molecule has 7 nitrogen and oxygen atoms in total. The quantitative estimate of drug-likeness (QED) is 0.217. The fourth-order valence-corrected chi connectivity index (χ4v) is 6.07. The van der Waals surface area contributed by atoms with Gasteiger partial charge in [-0.1, -0.05) is 61.9 Å². The first-order valence-electron chi connectivity index (χ1n) is 15.8. The lowest BCUT2D eigenvalue weighted by atomic mass is 9.77. The maximum Gasteiger partial charge on any atom is 0.326 e. The second kappa shape index (κ2) is 14.4. The number of nitrogens with zero attached hydrogens (tertiary/aromatic N) is 1. The summed E-state index contributed by atoms with van der Waals surface area (Å²) in [5.41, 5.74) is 5.78. The van der Waals surface area contributed by atoms with Gasteiger partial charge in [-0.2, -0.15) is 0 Å². The molecule has 1 fully saturated rings. The normalized spacial score (nSPS) is 20.4. The number of hydrogen-bond donors (Lipinski definition) is 3. The Hall–Kier alpha value is -4.39. The van der Waals surface area contributed by atoms with Gasteiger partial charge in [0.05, 0.1) is 6.10 Å². The molecule has 3 N–H and O–H groups in total. The van der Waals surface area contributed by atoms with E-state index in [1.165, 1.54) is 37.7 Å². The highest BCUT2D eigenvalue weighted by Crippen LogP contribution is 2.37. The van der Waals surface area contributed by atoms with E-state index in [1.54, 1.807) is 24.3 Å². The third-order valence-electron chi connectivity index (χ3n) is 8.73. The molecule has 5 rings (SSSR count). The largest absolute Gasteiger partial charge is 0.491 e. The van der Waals surface area contributed by atoms with Gasteiger partial charge in [-0.25, -0.2) is 4.79 Å². The number of hydrogen-bond acceptors (Lipinski definition) is 5. The summed E-state index contributed by atoms with van der Waals surface area (Å²) < 4.78 is 5.61. The van der Waals surface area contributed by atoms with Crippen molar-refractivity contribution in [1.29, 1.82) is 0 Å². The first kappa shape index (κ1) is 31.0. The fraction of sp³-hybridized carbons (Fsp3) is 0.378. The zero-order valence-electron chi connectivity index (χ0n) is 25.8. The molecule has 3 aromatic rings. The zero-order valence-corrected chi connectivity index (χ0v) is 25.8. The van der Waals surface area contributed by atoms with Crippen LogP contribution in [0.4, 0.5) is 0 Å². The Bertz CT molecular complexity index is 1470. The van der Waals surface area contributed by atoms with Crippen molar-refractivity contribution in [2.24, 2.45) is 10.9 Å². The summed E-state index contributed by atoms with van der Waals surface area (Å²) in [6.45, 7) is 6.16. The summed E-state index contributed by atoms with van der Waals surface area (Å²) in [7, 11) is 0. The minimum absolute atomic E-state index is 0.0229. The summed E-state index contributed by atoms with van der Waals surface area (Å²) in [6.07, 6.45) is 10.4. The smallest absolute Gasteiger partial charge is 0.326 e. The molecule has 0 saturated heterocycles. The van der Waals surface area contributed by atoms with Crippen LogP contribution in [0, 0.1) is 5.92 Å². The summed E-state index contributed by atoms with van der Waals surface area (Å²) in [5, 5.41) is 15.8. The molecular formula is C37H43N3O4. The van der Waals surface area contributed by atoms with E-state index in [2.05, 4.69) is 41.8 Å². The molecule has 0 spiro atoms. The lowest BCUT2D eigenvalue weighted by Gasteiger charge is -2.28. The first-order valence-corrected chi connectivity index (χ1v) is 15.8. The summed E-state index contributed by atoms with van der Waals surface area (Å²) in [4.78, 5) is 29.4. The van der Waals surface area contributed by atoms with E-state index in [1.807, 2.05) is 50.5 Å². The van der Waals surface area contributed by atoms with Crippen LogP contribution in [0.25, 0.3) is 5.57 Å². The molecule has 0 radical (unpaired) electrons. The van der Waals surface area contributed by atoms with Gasteiger partial charge in [0.25, 0.3) is 5.91 Å². The molecule has 0 aromatic heterocycles. The molecule has 2 atom stereocenters. The van der Waals surface area contributed by atoms with Gasteiger partial charge in [0.1, 0.15) is 18.0 Å². The van der Waals surface area contributed by atoms with Crippen LogP contribution in [0.3, 0.4) is 0 Å². The van der Waals surface area contributed by atoms with Gasteiger partial charge in [-0.3, -0.25) is 9.79 Å². The highest BCUT2D eigenvalue weighted by molar-refractivity contribution is 6.10. The number of amides is 1. The average Bonchev–Trinajstić information content (AvgIpc) is 3.05. The molecule has 3 aromatic carbocycles. The van der Waals surface area contributed by atoms with E-state index >= 15 is 0 Å². The third kappa shape index (κ3) is 7.95. The Labute approximate surface area is 260 Å². The maximum absolute atomic E-state index is 12.7. The zero-order chi connectivity index (χ0) is 31.1. The number of carboxylic acid groups (broad SMARTS) is 1. The monoisotopic (exact) mass is 593 g/mol. The Morgan fingerprint density at radius 1 is 0.932 bits per heavy atom. The predicted molar refractivity (Wildman–Crippen MR) is 175 cm³/mol. The molecule has 1 aliphatic heterocycles. The summed E-state index contributed by atoms with van der Waals surface area (Å²) in [5.74, 6) is 0.704. The highest BCUT2D eigenvalue weighted by atomic mass is 16.5. The molecule has 7 heteroatoms. The van der Waals surface area contributed by atoms with Crippen molar-refractivity contribution >= 4 is 23.7 Å². The van der Waals surface area contributed by atoms with Crippen molar-refractivity contribution in [3.8, 4) is 5.75 Å². The van der Waals surface area contributed by atoms with Gasteiger partial charge in [-0.15, -0.1) is 0 Å². The maximum atomic E-state index is 12.7. The van der Waals surface area contributed by atoms with E-state index in [4.69, 9.17) is 9.73 Å². The van der Waals surface area contributed by atoms with Crippen LogP contribution in [-0.4, -0.2) is 35.3 Å². The van der Waals surface area contributed by atoms with Crippen molar-refractivity contribution in [2.75, 3.05) is 0 Å². The van der Waals surface area contributed by atoms with Gasteiger partial charge in [0.2, 0.25) is 0 Å².